The second kappa shape index (κ2) is 11.1. The van der Waals surface area contributed by atoms with Crippen LogP contribution in [-0.4, -0.2) is 64.6 Å². The van der Waals surface area contributed by atoms with Gasteiger partial charge in [-0.15, -0.1) is 0 Å². The Labute approximate surface area is 224 Å². The summed E-state index contributed by atoms with van der Waals surface area (Å²) < 4.78 is 0. The molecule has 0 bridgehead atoms. The Kier molecular flexibility index (Phi) is 8.02. The van der Waals surface area contributed by atoms with Crippen molar-refractivity contribution in [1.82, 2.24) is 20.7 Å². The van der Waals surface area contributed by atoms with Gasteiger partial charge in [-0.05, 0) is 54.0 Å². The summed E-state index contributed by atoms with van der Waals surface area (Å²) in [4.78, 5) is 54.6. The molecule has 202 valence electrons. The largest absolute Gasteiger partial charge is 0.340 e. The number of nitrogens with one attached hydrogen (secondary N) is 2. The SMILES string of the molecule is CC(C)CC[C@H](NC(=O)c1ccc(C(C)(C)C)cc1)C(=O)N1NC[C@@H]2[C@H]1C(=O)CN2C(=O)c1ccccc1. The molecule has 0 saturated carbocycles. The molecule has 38 heavy (non-hydrogen) atoms. The number of carbonyl (C=O) groups is 4. The highest BCUT2D eigenvalue weighted by Crippen LogP contribution is 2.27. The fourth-order valence-corrected chi connectivity index (χ4v) is 5.06. The van der Waals surface area contributed by atoms with Crippen molar-refractivity contribution in [3.63, 3.8) is 0 Å². The van der Waals surface area contributed by atoms with Crippen molar-refractivity contribution in [2.75, 3.05) is 13.1 Å². The van der Waals surface area contributed by atoms with Crippen LogP contribution in [-0.2, 0) is 15.0 Å². The third-order valence-electron chi connectivity index (χ3n) is 7.34. The zero-order valence-electron chi connectivity index (χ0n) is 22.9. The Morgan fingerprint density at radius 2 is 1.63 bits per heavy atom. The number of ketones is 1. The lowest BCUT2D eigenvalue weighted by Crippen LogP contribution is -2.55. The standard InChI is InChI=1S/C30H38N4O4/c1-19(2)11-16-23(32-27(36)20-12-14-22(15-13-20)30(3,4)5)29(38)34-26-24(17-31-34)33(18-25(26)35)28(37)21-9-7-6-8-10-21/h6-10,12-15,19,23-24,26,31H,11,16-18H2,1-5H3,(H,32,36)/t23-,24+,26-/m0/s1. The summed E-state index contributed by atoms with van der Waals surface area (Å²) in [6, 6.07) is 14.2. The Hall–Kier alpha value is -3.52. The van der Waals surface area contributed by atoms with Crippen LogP contribution in [0.15, 0.2) is 54.6 Å². The average Bonchev–Trinajstić information content (AvgIpc) is 3.47. The molecule has 8 heteroatoms. The van der Waals surface area contributed by atoms with Gasteiger partial charge < -0.3 is 10.2 Å². The van der Waals surface area contributed by atoms with Crippen LogP contribution in [0, 0.1) is 5.92 Å². The lowest BCUT2D eigenvalue weighted by Gasteiger charge is -2.28. The van der Waals surface area contributed by atoms with E-state index in [1.807, 2.05) is 18.2 Å². The van der Waals surface area contributed by atoms with E-state index in [4.69, 9.17) is 0 Å². The second-order valence-electron chi connectivity index (χ2n) is 11.7. The minimum atomic E-state index is -0.801. The number of rotatable bonds is 7. The molecule has 2 N–H and O–H groups in total. The lowest BCUT2D eigenvalue weighted by atomic mass is 9.86. The Bertz CT molecular complexity index is 1190. The van der Waals surface area contributed by atoms with E-state index < -0.39 is 18.1 Å². The van der Waals surface area contributed by atoms with Gasteiger partial charge >= 0.3 is 0 Å². The first kappa shape index (κ1) is 27.5. The van der Waals surface area contributed by atoms with Crippen molar-refractivity contribution in [1.29, 1.82) is 0 Å². The Balaban J connectivity index is 1.50. The van der Waals surface area contributed by atoms with E-state index in [-0.39, 0.29) is 35.5 Å². The van der Waals surface area contributed by atoms with Crippen molar-refractivity contribution in [3.05, 3.63) is 71.3 Å². The first-order valence-electron chi connectivity index (χ1n) is 13.3. The highest BCUT2D eigenvalue weighted by Gasteiger charge is 2.52. The molecule has 8 nitrogen and oxygen atoms in total. The van der Waals surface area contributed by atoms with Gasteiger partial charge in [-0.25, -0.2) is 5.43 Å². The minimum Gasteiger partial charge on any atom is -0.340 e. The molecule has 2 aromatic rings. The smallest absolute Gasteiger partial charge is 0.259 e. The van der Waals surface area contributed by atoms with Crippen LogP contribution in [0.5, 0.6) is 0 Å². The first-order valence-corrected chi connectivity index (χ1v) is 13.3. The fraction of sp³-hybridized carbons (Fsp3) is 0.467. The van der Waals surface area contributed by atoms with Crippen molar-refractivity contribution >= 4 is 23.5 Å². The van der Waals surface area contributed by atoms with Gasteiger partial charge in [0.15, 0.2) is 5.78 Å². The molecular weight excluding hydrogens is 480 g/mol. The van der Waals surface area contributed by atoms with E-state index in [1.54, 1.807) is 41.3 Å². The van der Waals surface area contributed by atoms with Gasteiger partial charge in [-0.1, -0.05) is 65.0 Å². The highest BCUT2D eigenvalue weighted by molar-refractivity contribution is 6.03. The van der Waals surface area contributed by atoms with Gasteiger partial charge in [0, 0.05) is 17.7 Å². The topological polar surface area (TPSA) is 98.8 Å². The number of hydrogen-bond donors (Lipinski definition) is 2. The van der Waals surface area contributed by atoms with Gasteiger partial charge in [0.25, 0.3) is 17.7 Å². The maximum Gasteiger partial charge on any atom is 0.259 e. The molecule has 2 heterocycles. The molecule has 0 radical (unpaired) electrons. The van der Waals surface area contributed by atoms with Crippen LogP contribution < -0.4 is 10.7 Å². The summed E-state index contributed by atoms with van der Waals surface area (Å²) in [6.07, 6.45) is 1.17. The Morgan fingerprint density at radius 3 is 2.24 bits per heavy atom. The van der Waals surface area contributed by atoms with Crippen LogP contribution in [0.2, 0.25) is 0 Å². The maximum absolute atomic E-state index is 13.7. The average molecular weight is 519 g/mol. The Morgan fingerprint density at radius 1 is 0.974 bits per heavy atom. The third kappa shape index (κ3) is 5.80. The van der Waals surface area contributed by atoms with E-state index >= 15 is 0 Å². The predicted molar refractivity (Wildman–Crippen MR) is 145 cm³/mol. The zero-order valence-corrected chi connectivity index (χ0v) is 22.9. The number of hydrazine groups is 1. The number of amides is 3. The molecule has 0 spiro atoms. The maximum atomic E-state index is 13.7. The van der Waals surface area contributed by atoms with Crippen LogP contribution in [0.4, 0.5) is 0 Å². The summed E-state index contributed by atoms with van der Waals surface area (Å²) >= 11 is 0. The number of nitrogens with zero attached hydrogens (tertiary/aromatic N) is 2. The number of hydrogen-bond acceptors (Lipinski definition) is 5. The van der Waals surface area contributed by atoms with Gasteiger partial charge in [0.05, 0.1) is 12.6 Å². The van der Waals surface area contributed by atoms with Crippen molar-refractivity contribution < 1.29 is 19.2 Å². The van der Waals surface area contributed by atoms with Crippen molar-refractivity contribution in [2.24, 2.45) is 5.92 Å². The molecule has 0 aromatic heterocycles. The number of fused-ring (bicyclic) bond motifs is 1. The van der Waals surface area contributed by atoms with Crippen LogP contribution in [0.25, 0.3) is 0 Å². The van der Waals surface area contributed by atoms with Gasteiger partial charge in [0.1, 0.15) is 12.1 Å². The van der Waals surface area contributed by atoms with Gasteiger partial charge in [-0.3, -0.25) is 24.2 Å². The molecule has 2 saturated heterocycles. The summed E-state index contributed by atoms with van der Waals surface area (Å²) in [5.41, 5.74) is 5.11. The van der Waals surface area contributed by atoms with Crippen LogP contribution in [0.3, 0.4) is 0 Å². The van der Waals surface area contributed by atoms with E-state index in [0.717, 1.165) is 12.0 Å². The van der Waals surface area contributed by atoms with E-state index in [0.29, 0.717) is 30.0 Å². The van der Waals surface area contributed by atoms with E-state index in [1.165, 1.54) is 5.01 Å². The second-order valence-corrected chi connectivity index (χ2v) is 11.7. The number of Topliss-reactive ketones (excluding diaryl/α,β-unsaturated/α-hetero) is 1. The monoisotopic (exact) mass is 518 g/mol. The normalized spacial score (nSPS) is 20.0. The van der Waals surface area contributed by atoms with Crippen LogP contribution in [0.1, 0.15) is 73.7 Å². The first-order chi connectivity index (χ1) is 18.0. The summed E-state index contributed by atoms with van der Waals surface area (Å²) in [6.45, 7) is 10.7. The highest BCUT2D eigenvalue weighted by atomic mass is 16.2. The van der Waals surface area contributed by atoms with E-state index in [2.05, 4.69) is 45.4 Å². The molecule has 0 unspecified atom stereocenters. The molecule has 2 aliphatic heterocycles. The molecular formula is C30H38N4O4. The number of benzene rings is 2. The molecule has 0 aliphatic carbocycles. The summed E-state index contributed by atoms with van der Waals surface area (Å²) in [5.74, 6) is -0.781. The zero-order chi connectivity index (χ0) is 27.6. The number of likely N-dealkylation sites (tertiary alicyclic amines) is 1. The molecule has 3 atom stereocenters. The van der Waals surface area contributed by atoms with E-state index in [9.17, 15) is 19.2 Å². The van der Waals surface area contributed by atoms with Gasteiger partial charge in [-0.2, -0.15) is 0 Å². The number of carbonyl (C=O) groups excluding carboxylic acids is 4. The molecule has 2 fully saturated rings. The van der Waals surface area contributed by atoms with Crippen molar-refractivity contribution in [2.45, 2.75) is 71.0 Å². The molecule has 2 aromatic carbocycles. The van der Waals surface area contributed by atoms with Crippen molar-refractivity contribution in [3.8, 4) is 0 Å². The molecule has 4 rings (SSSR count). The molecule has 3 amide bonds. The summed E-state index contributed by atoms with van der Waals surface area (Å²) in [5, 5.41) is 4.26. The summed E-state index contributed by atoms with van der Waals surface area (Å²) in [7, 11) is 0. The van der Waals surface area contributed by atoms with Crippen LogP contribution >= 0.6 is 0 Å². The minimum absolute atomic E-state index is 0.0354. The predicted octanol–water partition coefficient (Wildman–Crippen LogP) is 3.33. The third-order valence-corrected chi connectivity index (χ3v) is 7.34. The molecule has 2 aliphatic rings. The fourth-order valence-electron chi connectivity index (χ4n) is 5.06. The quantitative estimate of drug-likeness (QED) is 0.586. The lowest BCUT2D eigenvalue weighted by molar-refractivity contribution is -0.141. The van der Waals surface area contributed by atoms with Gasteiger partial charge in [0.2, 0.25) is 0 Å².